The number of hydrogen-bond acceptors (Lipinski definition) is 3. The van der Waals surface area contributed by atoms with Gasteiger partial charge in [-0.3, -0.25) is 0 Å². The number of methoxy groups -OCH3 is 1. The molecule has 0 aliphatic heterocycles. The maximum atomic E-state index is 5.22. The van der Waals surface area contributed by atoms with Crippen molar-refractivity contribution in [3.63, 3.8) is 0 Å². The van der Waals surface area contributed by atoms with Crippen LogP contribution in [0, 0.1) is 0 Å². The summed E-state index contributed by atoms with van der Waals surface area (Å²) in [4.78, 5) is 2.35. The SMILES string of the molecule is CNCCCN(C)Cc1ccccc1COC. The molecule has 0 radical (unpaired) electrons. The molecule has 0 atom stereocenters. The van der Waals surface area contributed by atoms with Crippen LogP contribution in [0.15, 0.2) is 24.3 Å². The van der Waals surface area contributed by atoms with Crippen molar-refractivity contribution in [1.29, 1.82) is 0 Å². The minimum atomic E-state index is 0.695. The van der Waals surface area contributed by atoms with E-state index in [9.17, 15) is 0 Å². The molecule has 1 aromatic carbocycles. The van der Waals surface area contributed by atoms with Crippen molar-refractivity contribution in [3.05, 3.63) is 35.4 Å². The van der Waals surface area contributed by atoms with E-state index in [-0.39, 0.29) is 0 Å². The monoisotopic (exact) mass is 236 g/mol. The molecule has 1 N–H and O–H groups in total. The Bertz CT molecular complexity index is 315. The Morgan fingerprint density at radius 3 is 2.59 bits per heavy atom. The van der Waals surface area contributed by atoms with Crippen LogP contribution in [0.1, 0.15) is 17.5 Å². The molecule has 0 saturated carbocycles. The van der Waals surface area contributed by atoms with Gasteiger partial charge in [-0.15, -0.1) is 0 Å². The van der Waals surface area contributed by atoms with Crippen molar-refractivity contribution in [2.75, 3.05) is 34.3 Å². The van der Waals surface area contributed by atoms with Gasteiger partial charge >= 0.3 is 0 Å². The van der Waals surface area contributed by atoms with Gasteiger partial charge in [0.25, 0.3) is 0 Å². The lowest BCUT2D eigenvalue weighted by Gasteiger charge is -2.18. The average Bonchev–Trinajstić information content (AvgIpc) is 2.32. The van der Waals surface area contributed by atoms with E-state index < -0.39 is 0 Å². The molecule has 0 aliphatic rings. The number of nitrogens with one attached hydrogen (secondary N) is 1. The van der Waals surface area contributed by atoms with Gasteiger partial charge in [0, 0.05) is 13.7 Å². The van der Waals surface area contributed by atoms with Crippen molar-refractivity contribution in [3.8, 4) is 0 Å². The molecule has 0 unspecified atom stereocenters. The second kappa shape index (κ2) is 8.23. The van der Waals surface area contributed by atoms with E-state index >= 15 is 0 Å². The summed E-state index contributed by atoms with van der Waals surface area (Å²) in [5.74, 6) is 0. The van der Waals surface area contributed by atoms with Crippen LogP contribution in [-0.2, 0) is 17.9 Å². The van der Waals surface area contributed by atoms with Gasteiger partial charge in [0.1, 0.15) is 0 Å². The Balaban J connectivity index is 2.48. The number of rotatable bonds is 8. The topological polar surface area (TPSA) is 24.5 Å². The number of hydrogen-bond donors (Lipinski definition) is 1. The zero-order chi connectivity index (χ0) is 12.5. The van der Waals surface area contributed by atoms with Gasteiger partial charge in [0.05, 0.1) is 6.61 Å². The highest BCUT2D eigenvalue weighted by atomic mass is 16.5. The van der Waals surface area contributed by atoms with Gasteiger partial charge in [-0.25, -0.2) is 0 Å². The first-order valence-electron chi connectivity index (χ1n) is 6.16. The summed E-state index contributed by atoms with van der Waals surface area (Å²) in [6.07, 6.45) is 1.18. The van der Waals surface area contributed by atoms with Crippen LogP contribution in [0.4, 0.5) is 0 Å². The van der Waals surface area contributed by atoms with Gasteiger partial charge < -0.3 is 15.0 Å². The first-order valence-corrected chi connectivity index (χ1v) is 6.16. The fourth-order valence-corrected chi connectivity index (χ4v) is 1.90. The van der Waals surface area contributed by atoms with E-state index in [1.807, 2.05) is 7.05 Å². The molecule has 17 heavy (non-hydrogen) atoms. The Morgan fingerprint density at radius 2 is 1.94 bits per heavy atom. The first-order chi connectivity index (χ1) is 8.27. The van der Waals surface area contributed by atoms with E-state index in [1.165, 1.54) is 17.5 Å². The zero-order valence-electron chi connectivity index (χ0n) is 11.2. The summed E-state index contributed by atoms with van der Waals surface area (Å²) in [6, 6.07) is 8.48. The predicted molar refractivity (Wildman–Crippen MR) is 72.0 cm³/mol. The van der Waals surface area contributed by atoms with E-state index in [0.717, 1.165) is 19.6 Å². The minimum absolute atomic E-state index is 0.695. The highest BCUT2D eigenvalue weighted by Crippen LogP contribution is 2.12. The lowest BCUT2D eigenvalue weighted by atomic mass is 10.1. The third-order valence-electron chi connectivity index (χ3n) is 2.83. The largest absolute Gasteiger partial charge is 0.380 e. The molecule has 0 heterocycles. The van der Waals surface area contributed by atoms with Gasteiger partial charge in [-0.05, 0) is 44.7 Å². The van der Waals surface area contributed by atoms with Crippen molar-refractivity contribution in [2.24, 2.45) is 0 Å². The van der Waals surface area contributed by atoms with Crippen LogP contribution in [0.2, 0.25) is 0 Å². The second-order valence-electron chi connectivity index (χ2n) is 4.40. The summed E-state index contributed by atoms with van der Waals surface area (Å²) in [6.45, 7) is 3.87. The standard InChI is InChI=1S/C14H24N2O/c1-15-9-6-10-16(2)11-13-7-4-5-8-14(13)12-17-3/h4-5,7-8,15H,6,9-12H2,1-3H3. The van der Waals surface area contributed by atoms with Crippen LogP contribution in [0.25, 0.3) is 0 Å². The molecule has 96 valence electrons. The highest BCUT2D eigenvalue weighted by molar-refractivity contribution is 5.26. The minimum Gasteiger partial charge on any atom is -0.380 e. The first kappa shape index (κ1) is 14.2. The van der Waals surface area contributed by atoms with Crippen molar-refractivity contribution in [1.82, 2.24) is 10.2 Å². The highest BCUT2D eigenvalue weighted by Gasteiger charge is 2.04. The van der Waals surface area contributed by atoms with Gasteiger partial charge in [0.2, 0.25) is 0 Å². The molecule has 1 rings (SSSR count). The molecule has 0 aromatic heterocycles. The molecular formula is C14H24N2O. The number of benzene rings is 1. The van der Waals surface area contributed by atoms with Crippen LogP contribution in [-0.4, -0.2) is 39.2 Å². The van der Waals surface area contributed by atoms with Crippen molar-refractivity contribution in [2.45, 2.75) is 19.6 Å². The van der Waals surface area contributed by atoms with E-state index in [1.54, 1.807) is 7.11 Å². The maximum absolute atomic E-state index is 5.22. The van der Waals surface area contributed by atoms with Crippen molar-refractivity contribution >= 4 is 0 Å². The molecule has 0 saturated heterocycles. The zero-order valence-corrected chi connectivity index (χ0v) is 11.2. The van der Waals surface area contributed by atoms with Gasteiger partial charge in [0.15, 0.2) is 0 Å². The van der Waals surface area contributed by atoms with E-state index in [0.29, 0.717) is 6.61 Å². The van der Waals surface area contributed by atoms with Crippen LogP contribution in [0.3, 0.4) is 0 Å². The van der Waals surface area contributed by atoms with Crippen LogP contribution in [0.5, 0.6) is 0 Å². The Labute approximate surface area is 105 Å². The third-order valence-corrected chi connectivity index (χ3v) is 2.83. The maximum Gasteiger partial charge on any atom is 0.0716 e. The Morgan fingerprint density at radius 1 is 1.24 bits per heavy atom. The van der Waals surface area contributed by atoms with Crippen molar-refractivity contribution < 1.29 is 4.74 Å². The van der Waals surface area contributed by atoms with E-state index in [4.69, 9.17) is 4.74 Å². The average molecular weight is 236 g/mol. The normalized spacial score (nSPS) is 11.1. The molecule has 0 fully saturated rings. The second-order valence-corrected chi connectivity index (χ2v) is 4.40. The molecular weight excluding hydrogens is 212 g/mol. The van der Waals surface area contributed by atoms with Gasteiger partial charge in [-0.1, -0.05) is 24.3 Å². The Hall–Kier alpha value is -0.900. The Kier molecular flexibility index (Phi) is 6.86. The lowest BCUT2D eigenvalue weighted by Crippen LogP contribution is -2.23. The fraction of sp³-hybridized carbons (Fsp3) is 0.571. The quantitative estimate of drug-likeness (QED) is 0.697. The molecule has 0 amide bonds. The molecule has 0 aliphatic carbocycles. The smallest absolute Gasteiger partial charge is 0.0716 e. The summed E-state index contributed by atoms with van der Waals surface area (Å²) in [5, 5.41) is 3.17. The lowest BCUT2D eigenvalue weighted by molar-refractivity contribution is 0.183. The van der Waals surface area contributed by atoms with E-state index in [2.05, 4.69) is 41.5 Å². The number of ether oxygens (including phenoxy) is 1. The molecule has 1 aromatic rings. The third kappa shape index (κ3) is 5.31. The van der Waals surface area contributed by atoms with Gasteiger partial charge in [-0.2, -0.15) is 0 Å². The predicted octanol–water partition coefficient (Wildman–Crippen LogP) is 1.87. The summed E-state index contributed by atoms with van der Waals surface area (Å²) in [7, 11) is 5.90. The summed E-state index contributed by atoms with van der Waals surface area (Å²) in [5.41, 5.74) is 2.65. The fourth-order valence-electron chi connectivity index (χ4n) is 1.90. The summed E-state index contributed by atoms with van der Waals surface area (Å²) >= 11 is 0. The number of nitrogens with zero attached hydrogens (tertiary/aromatic N) is 1. The van der Waals surface area contributed by atoms with Crippen LogP contribution < -0.4 is 5.32 Å². The molecule has 3 nitrogen and oxygen atoms in total. The molecule has 0 bridgehead atoms. The summed E-state index contributed by atoms with van der Waals surface area (Å²) < 4.78 is 5.22. The molecule has 3 heteroatoms. The van der Waals surface area contributed by atoms with Crippen LogP contribution >= 0.6 is 0 Å². The molecule has 0 spiro atoms.